The average Bonchev–Trinajstić information content (AvgIpc) is 2.26. The number of nitrogens with one attached hydrogen (secondary N) is 1. The largest absolute Gasteiger partial charge is 0.381 e. The van der Waals surface area contributed by atoms with Gasteiger partial charge in [-0.05, 0) is 19.8 Å². The number of carbonyl (C=O) groups excluding carboxylic acids is 3. The Kier molecular flexibility index (Phi) is 2.86. The van der Waals surface area contributed by atoms with Gasteiger partial charge in [-0.1, -0.05) is 0 Å². The number of hydrogen-bond acceptors (Lipinski definition) is 4. The van der Waals surface area contributed by atoms with E-state index < -0.39 is 29.6 Å². The molecule has 7 heteroatoms. The number of amides is 4. The normalized spacial score (nSPS) is 29.2. The highest BCUT2D eigenvalue weighted by Crippen LogP contribution is 2.29. The molecule has 0 aromatic heterocycles. The number of nitrogens with zero attached hydrogens (tertiary/aromatic N) is 1. The van der Waals surface area contributed by atoms with Crippen LogP contribution in [0.4, 0.5) is 9.18 Å². The Morgan fingerprint density at radius 3 is 2.53 bits per heavy atom. The van der Waals surface area contributed by atoms with E-state index in [1.54, 1.807) is 6.92 Å². The fourth-order valence-electron chi connectivity index (χ4n) is 2.10. The zero-order valence-electron chi connectivity index (χ0n) is 9.36. The summed E-state index contributed by atoms with van der Waals surface area (Å²) in [7, 11) is 0. The van der Waals surface area contributed by atoms with Gasteiger partial charge in [-0.25, -0.2) is 9.18 Å². The van der Waals surface area contributed by atoms with Crippen LogP contribution in [0.1, 0.15) is 19.8 Å². The summed E-state index contributed by atoms with van der Waals surface area (Å²) in [6.07, 6.45) is -1.42. The second-order valence-electron chi connectivity index (χ2n) is 4.44. The SMILES string of the molecule is CC1(N2C(=O)NC(=O)C(F)C2=O)CCOCC1. The zero-order chi connectivity index (χ0) is 12.6. The summed E-state index contributed by atoms with van der Waals surface area (Å²) < 4.78 is 18.5. The second kappa shape index (κ2) is 4.06. The number of alkyl halides is 1. The topological polar surface area (TPSA) is 75.7 Å². The number of carbonyl (C=O) groups is 3. The van der Waals surface area contributed by atoms with Crippen molar-refractivity contribution in [2.75, 3.05) is 13.2 Å². The predicted octanol–water partition coefficient (Wildman–Crippen LogP) is -0.0280. The third kappa shape index (κ3) is 1.90. The van der Waals surface area contributed by atoms with Crippen molar-refractivity contribution in [2.45, 2.75) is 31.5 Å². The number of barbiturate groups is 1. The van der Waals surface area contributed by atoms with Gasteiger partial charge < -0.3 is 4.74 Å². The molecule has 2 aliphatic heterocycles. The summed E-state index contributed by atoms with van der Waals surface area (Å²) in [6.45, 7) is 2.49. The maximum absolute atomic E-state index is 13.3. The van der Waals surface area contributed by atoms with Crippen molar-refractivity contribution < 1.29 is 23.5 Å². The van der Waals surface area contributed by atoms with Gasteiger partial charge in [-0.2, -0.15) is 0 Å². The van der Waals surface area contributed by atoms with Crippen LogP contribution in [-0.2, 0) is 14.3 Å². The molecule has 2 rings (SSSR count). The van der Waals surface area contributed by atoms with Gasteiger partial charge >= 0.3 is 6.03 Å². The highest BCUT2D eigenvalue weighted by Gasteiger charge is 2.49. The Labute approximate surface area is 97.1 Å². The number of rotatable bonds is 1. The van der Waals surface area contributed by atoms with Gasteiger partial charge in [-0.15, -0.1) is 0 Å². The first-order valence-electron chi connectivity index (χ1n) is 5.36. The van der Waals surface area contributed by atoms with E-state index >= 15 is 0 Å². The first-order valence-corrected chi connectivity index (χ1v) is 5.36. The molecule has 0 bridgehead atoms. The van der Waals surface area contributed by atoms with E-state index in [0.29, 0.717) is 26.1 Å². The van der Waals surface area contributed by atoms with Crippen LogP contribution < -0.4 is 5.32 Å². The van der Waals surface area contributed by atoms with Crippen LogP contribution >= 0.6 is 0 Å². The summed E-state index contributed by atoms with van der Waals surface area (Å²) in [6, 6.07) is -0.849. The van der Waals surface area contributed by atoms with Gasteiger partial charge in [0.15, 0.2) is 0 Å². The Balaban J connectivity index is 2.26. The summed E-state index contributed by atoms with van der Waals surface area (Å²) in [5, 5.41) is 1.84. The molecule has 4 amide bonds. The molecule has 2 aliphatic rings. The maximum Gasteiger partial charge on any atom is 0.331 e. The van der Waals surface area contributed by atoms with Gasteiger partial charge in [0.2, 0.25) is 0 Å². The van der Waals surface area contributed by atoms with E-state index in [4.69, 9.17) is 4.74 Å². The summed E-state index contributed by atoms with van der Waals surface area (Å²) in [4.78, 5) is 35.1. The fourth-order valence-corrected chi connectivity index (χ4v) is 2.10. The minimum Gasteiger partial charge on any atom is -0.381 e. The number of halogens is 1. The van der Waals surface area contributed by atoms with Crippen molar-refractivity contribution in [3.05, 3.63) is 0 Å². The third-order valence-corrected chi connectivity index (χ3v) is 3.21. The minimum absolute atomic E-state index is 0.401. The molecule has 0 aromatic carbocycles. The van der Waals surface area contributed by atoms with Crippen LogP contribution in [0.25, 0.3) is 0 Å². The van der Waals surface area contributed by atoms with Crippen LogP contribution in [0.2, 0.25) is 0 Å². The number of imide groups is 2. The molecule has 2 fully saturated rings. The van der Waals surface area contributed by atoms with Crippen LogP contribution in [0.15, 0.2) is 0 Å². The first kappa shape index (κ1) is 12.0. The molecule has 0 radical (unpaired) electrons. The molecule has 1 atom stereocenters. The molecular weight excluding hydrogens is 231 g/mol. The molecule has 0 spiro atoms. The average molecular weight is 244 g/mol. The van der Waals surface area contributed by atoms with Crippen LogP contribution in [-0.4, -0.2) is 47.7 Å². The van der Waals surface area contributed by atoms with Crippen molar-refractivity contribution in [1.82, 2.24) is 10.2 Å². The van der Waals surface area contributed by atoms with Gasteiger partial charge in [0.05, 0.1) is 5.54 Å². The third-order valence-electron chi connectivity index (χ3n) is 3.21. The standard InChI is InChI=1S/C10H13FN2O4/c1-10(2-4-17-5-3-10)13-8(15)6(11)7(14)12-9(13)16/h6H,2-5H2,1H3,(H,12,14,16). The Hall–Kier alpha value is -1.50. The highest BCUT2D eigenvalue weighted by atomic mass is 19.1. The minimum atomic E-state index is -2.30. The Bertz CT molecular complexity index is 379. The lowest BCUT2D eigenvalue weighted by molar-refractivity contribution is -0.149. The molecule has 94 valence electrons. The molecule has 17 heavy (non-hydrogen) atoms. The number of urea groups is 1. The molecule has 0 aromatic rings. The number of ether oxygens (including phenoxy) is 1. The van der Waals surface area contributed by atoms with Crippen LogP contribution in [0.5, 0.6) is 0 Å². The molecule has 1 N–H and O–H groups in total. The van der Waals surface area contributed by atoms with E-state index in [1.165, 1.54) is 0 Å². The van der Waals surface area contributed by atoms with Crippen LogP contribution in [0, 0.1) is 0 Å². The van der Waals surface area contributed by atoms with Crippen LogP contribution in [0.3, 0.4) is 0 Å². The zero-order valence-corrected chi connectivity index (χ0v) is 9.36. The quantitative estimate of drug-likeness (QED) is 0.657. The summed E-state index contributed by atoms with van der Waals surface area (Å²) in [5.41, 5.74) is -0.787. The van der Waals surface area contributed by atoms with Crippen molar-refractivity contribution in [1.29, 1.82) is 0 Å². The lowest BCUT2D eigenvalue weighted by Crippen LogP contribution is -2.66. The summed E-state index contributed by atoms with van der Waals surface area (Å²) in [5.74, 6) is -2.27. The lowest BCUT2D eigenvalue weighted by Gasteiger charge is -2.43. The highest BCUT2D eigenvalue weighted by molar-refractivity contribution is 6.18. The Morgan fingerprint density at radius 1 is 1.35 bits per heavy atom. The van der Waals surface area contributed by atoms with Gasteiger partial charge in [0, 0.05) is 13.2 Å². The maximum atomic E-state index is 13.3. The molecule has 2 saturated heterocycles. The van der Waals surface area contributed by atoms with Crippen molar-refractivity contribution in [2.24, 2.45) is 0 Å². The van der Waals surface area contributed by atoms with E-state index in [-0.39, 0.29) is 0 Å². The molecule has 6 nitrogen and oxygen atoms in total. The van der Waals surface area contributed by atoms with E-state index in [9.17, 15) is 18.8 Å². The van der Waals surface area contributed by atoms with E-state index in [1.807, 2.05) is 5.32 Å². The molecule has 2 heterocycles. The van der Waals surface area contributed by atoms with Gasteiger partial charge in [-0.3, -0.25) is 19.8 Å². The van der Waals surface area contributed by atoms with E-state index in [0.717, 1.165) is 4.90 Å². The molecular formula is C10H13FN2O4. The molecule has 0 saturated carbocycles. The monoisotopic (exact) mass is 244 g/mol. The summed E-state index contributed by atoms with van der Waals surface area (Å²) >= 11 is 0. The van der Waals surface area contributed by atoms with Crippen molar-refractivity contribution in [3.63, 3.8) is 0 Å². The lowest BCUT2D eigenvalue weighted by atomic mass is 9.89. The molecule has 0 aliphatic carbocycles. The fraction of sp³-hybridized carbons (Fsp3) is 0.700. The molecule has 1 unspecified atom stereocenters. The first-order chi connectivity index (χ1) is 7.96. The van der Waals surface area contributed by atoms with E-state index in [2.05, 4.69) is 0 Å². The number of hydrogen-bond donors (Lipinski definition) is 1. The smallest absolute Gasteiger partial charge is 0.331 e. The predicted molar refractivity (Wildman–Crippen MR) is 53.7 cm³/mol. The van der Waals surface area contributed by atoms with Crippen molar-refractivity contribution >= 4 is 17.8 Å². The Morgan fingerprint density at radius 2 is 1.94 bits per heavy atom. The second-order valence-corrected chi connectivity index (χ2v) is 4.44. The van der Waals surface area contributed by atoms with Gasteiger partial charge in [0.25, 0.3) is 18.0 Å². The van der Waals surface area contributed by atoms with Gasteiger partial charge in [0.1, 0.15) is 0 Å². The van der Waals surface area contributed by atoms with Crippen molar-refractivity contribution in [3.8, 4) is 0 Å².